The SMILES string of the molecule is CC(=O)c1nn(-c2ccc(C)cc2)/c(=N/N=C/c2c(O)ccc3ccccc23)s1. The van der Waals surface area contributed by atoms with Crippen molar-refractivity contribution in [1.29, 1.82) is 0 Å². The van der Waals surface area contributed by atoms with Crippen LogP contribution in [0.5, 0.6) is 5.75 Å². The molecule has 0 atom stereocenters. The monoisotopic (exact) mass is 402 g/mol. The van der Waals surface area contributed by atoms with Crippen molar-refractivity contribution in [1.82, 2.24) is 9.78 Å². The second kappa shape index (κ2) is 7.81. The molecule has 3 aromatic carbocycles. The number of rotatable bonds is 4. The number of aryl methyl sites for hydroxylation is 1. The van der Waals surface area contributed by atoms with Gasteiger partial charge < -0.3 is 5.11 Å². The summed E-state index contributed by atoms with van der Waals surface area (Å²) in [6, 6.07) is 19.0. The molecule has 0 radical (unpaired) electrons. The number of ketones is 1. The molecule has 0 aliphatic heterocycles. The number of aromatic hydroxyl groups is 1. The number of phenolic OH excluding ortho intramolecular Hbond substituents is 1. The van der Waals surface area contributed by atoms with E-state index in [2.05, 4.69) is 15.3 Å². The maximum atomic E-state index is 11.8. The summed E-state index contributed by atoms with van der Waals surface area (Å²) in [5.74, 6) is -0.00391. The van der Waals surface area contributed by atoms with Gasteiger partial charge in [-0.3, -0.25) is 4.79 Å². The molecule has 0 aliphatic rings. The first-order chi connectivity index (χ1) is 14.0. The highest BCUT2D eigenvalue weighted by Gasteiger charge is 2.11. The average Bonchev–Trinajstić information content (AvgIpc) is 3.15. The highest BCUT2D eigenvalue weighted by Crippen LogP contribution is 2.25. The molecule has 1 heterocycles. The Bertz CT molecular complexity index is 1300. The molecule has 0 spiro atoms. The number of fused-ring (bicyclic) bond motifs is 1. The lowest BCUT2D eigenvalue weighted by atomic mass is 10.0. The first-order valence-corrected chi connectivity index (χ1v) is 9.80. The van der Waals surface area contributed by atoms with Crippen molar-refractivity contribution >= 4 is 34.1 Å². The quantitative estimate of drug-likeness (QED) is 0.315. The zero-order valence-electron chi connectivity index (χ0n) is 15.9. The Kier molecular flexibility index (Phi) is 5.05. The third kappa shape index (κ3) is 3.86. The molecule has 0 saturated carbocycles. The van der Waals surface area contributed by atoms with Crippen LogP contribution < -0.4 is 4.80 Å². The number of nitrogens with zero attached hydrogens (tertiary/aromatic N) is 4. The second-order valence-electron chi connectivity index (χ2n) is 6.56. The number of carbonyl (C=O) groups excluding carboxylic acids is 1. The second-order valence-corrected chi connectivity index (χ2v) is 7.51. The molecule has 0 saturated heterocycles. The van der Waals surface area contributed by atoms with Crippen LogP contribution in [0.2, 0.25) is 0 Å². The normalized spacial score (nSPS) is 12.1. The molecule has 7 heteroatoms. The minimum absolute atomic E-state index is 0.128. The summed E-state index contributed by atoms with van der Waals surface area (Å²) >= 11 is 1.17. The van der Waals surface area contributed by atoms with Gasteiger partial charge in [0.05, 0.1) is 11.9 Å². The molecule has 0 fully saturated rings. The van der Waals surface area contributed by atoms with Crippen LogP contribution in [-0.4, -0.2) is 26.9 Å². The first-order valence-electron chi connectivity index (χ1n) is 8.99. The number of hydrogen-bond donors (Lipinski definition) is 1. The van der Waals surface area contributed by atoms with Crippen LogP contribution in [0.4, 0.5) is 0 Å². The Morgan fingerprint density at radius 2 is 1.86 bits per heavy atom. The van der Waals surface area contributed by atoms with Gasteiger partial charge >= 0.3 is 0 Å². The van der Waals surface area contributed by atoms with Gasteiger partial charge in [-0.1, -0.05) is 59.4 Å². The van der Waals surface area contributed by atoms with E-state index >= 15 is 0 Å². The van der Waals surface area contributed by atoms with Crippen molar-refractivity contribution < 1.29 is 9.90 Å². The van der Waals surface area contributed by atoms with Crippen molar-refractivity contribution in [3.8, 4) is 11.4 Å². The van der Waals surface area contributed by atoms with Crippen LogP contribution in [0, 0.1) is 6.92 Å². The molecular weight excluding hydrogens is 384 g/mol. The molecule has 1 N–H and O–H groups in total. The van der Waals surface area contributed by atoms with E-state index in [0.29, 0.717) is 15.4 Å². The van der Waals surface area contributed by atoms with Gasteiger partial charge in [-0.15, -0.1) is 5.10 Å². The van der Waals surface area contributed by atoms with Crippen molar-refractivity contribution in [2.75, 3.05) is 0 Å². The van der Waals surface area contributed by atoms with Gasteiger partial charge in [0, 0.05) is 12.5 Å². The van der Waals surface area contributed by atoms with E-state index < -0.39 is 0 Å². The average molecular weight is 402 g/mol. The third-order valence-electron chi connectivity index (χ3n) is 4.42. The number of hydrogen-bond acceptors (Lipinski definition) is 6. The van der Waals surface area contributed by atoms with Crippen LogP contribution >= 0.6 is 11.3 Å². The lowest BCUT2D eigenvalue weighted by Crippen LogP contribution is -2.14. The van der Waals surface area contributed by atoms with Gasteiger partial charge in [-0.2, -0.15) is 10.2 Å². The number of Topliss-reactive ketones (excluding diaryl/α,β-unsaturated/α-hetero) is 1. The van der Waals surface area contributed by atoms with Gasteiger partial charge in [-0.05, 0) is 35.9 Å². The van der Waals surface area contributed by atoms with Crippen LogP contribution in [-0.2, 0) is 0 Å². The fraction of sp³-hybridized carbons (Fsp3) is 0.0909. The molecule has 0 amide bonds. The molecule has 0 aliphatic carbocycles. The molecule has 4 rings (SSSR count). The fourth-order valence-electron chi connectivity index (χ4n) is 2.90. The van der Waals surface area contributed by atoms with Crippen molar-refractivity contribution in [3.63, 3.8) is 0 Å². The molecule has 0 unspecified atom stereocenters. The maximum absolute atomic E-state index is 11.8. The van der Waals surface area contributed by atoms with Crippen LogP contribution in [0.1, 0.15) is 27.9 Å². The molecule has 29 heavy (non-hydrogen) atoms. The maximum Gasteiger partial charge on any atom is 0.233 e. The highest BCUT2D eigenvalue weighted by molar-refractivity contribution is 7.10. The lowest BCUT2D eigenvalue weighted by molar-refractivity contribution is 0.101. The van der Waals surface area contributed by atoms with Crippen LogP contribution in [0.15, 0.2) is 70.9 Å². The zero-order valence-corrected chi connectivity index (χ0v) is 16.7. The first kappa shape index (κ1) is 18.8. The molecule has 144 valence electrons. The summed E-state index contributed by atoms with van der Waals surface area (Å²) in [6.07, 6.45) is 1.52. The summed E-state index contributed by atoms with van der Waals surface area (Å²) in [4.78, 5) is 12.3. The lowest BCUT2D eigenvalue weighted by Gasteiger charge is -2.03. The Hall–Kier alpha value is -3.58. The predicted octanol–water partition coefficient (Wildman–Crippen LogP) is 4.24. The number of benzene rings is 3. The van der Waals surface area contributed by atoms with E-state index in [4.69, 9.17) is 0 Å². The van der Waals surface area contributed by atoms with Gasteiger partial charge in [0.25, 0.3) is 0 Å². The van der Waals surface area contributed by atoms with E-state index in [1.54, 1.807) is 10.7 Å². The Morgan fingerprint density at radius 3 is 2.62 bits per heavy atom. The van der Waals surface area contributed by atoms with Crippen molar-refractivity contribution in [3.05, 3.63) is 81.6 Å². The molecule has 0 bridgehead atoms. The van der Waals surface area contributed by atoms with E-state index in [1.165, 1.54) is 24.5 Å². The van der Waals surface area contributed by atoms with Crippen LogP contribution in [0.25, 0.3) is 16.5 Å². The smallest absolute Gasteiger partial charge is 0.233 e. The highest BCUT2D eigenvalue weighted by atomic mass is 32.1. The zero-order chi connectivity index (χ0) is 20.4. The Balaban J connectivity index is 1.80. The standard InChI is InChI=1S/C22H18N4O2S/c1-14-7-10-17(11-8-14)26-22(29-21(25-26)15(2)27)24-23-13-19-18-6-4-3-5-16(18)9-12-20(19)28/h3-13,28H,1-2H3/b23-13+,24-22-. The van der Waals surface area contributed by atoms with Gasteiger partial charge in [0.15, 0.2) is 10.8 Å². The number of aromatic nitrogens is 2. The van der Waals surface area contributed by atoms with Crippen molar-refractivity contribution in [2.45, 2.75) is 13.8 Å². The fourth-order valence-corrected chi connectivity index (χ4v) is 3.66. The Labute approximate surface area is 171 Å². The topological polar surface area (TPSA) is 79.8 Å². The van der Waals surface area contributed by atoms with Gasteiger partial charge in [0.2, 0.25) is 4.80 Å². The van der Waals surface area contributed by atoms with E-state index in [-0.39, 0.29) is 11.5 Å². The summed E-state index contributed by atoms with van der Waals surface area (Å²) in [7, 11) is 0. The minimum atomic E-state index is -0.131. The largest absolute Gasteiger partial charge is 0.507 e. The van der Waals surface area contributed by atoms with Crippen molar-refractivity contribution in [2.24, 2.45) is 10.2 Å². The molecule has 6 nitrogen and oxygen atoms in total. The number of phenols is 1. The predicted molar refractivity (Wildman–Crippen MR) is 115 cm³/mol. The summed E-state index contributed by atoms with van der Waals surface area (Å²) in [6.45, 7) is 3.47. The molecule has 4 aromatic rings. The molecular formula is C22H18N4O2S. The van der Waals surface area contributed by atoms with Gasteiger partial charge in [0.1, 0.15) is 5.75 Å². The van der Waals surface area contributed by atoms with E-state index in [1.807, 2.05) is 61.5 Å². The third-order valence-corrected chi connectivity index (χ3v) is 5.42. The van der Waals surface area contributed by atoms with E-state index in [0.717, 1.165) is 22.0 Å². The summed E-state index contributed by atoms with van der Waals surface area (Å²) < 4.78 is 1.60. The molecule has 1 aromatic heterocycles. The summed E-state index contributed by atoms with van der Waals surface area (Å²) in [5, 5.41) is 25.3. The minimum Gasteiger partial charge on any atom is -0.507 e. The van der Waals surface area contributed by atoms with Gasteiger partial charge in [-0.25, -0.2) is 4.68 Å². The number of carbonyl (C=O) groups is 1. The summed E-state index contributed by atoms with van der Waals surface area (Å²) in [5.41, 5.74) is 2.51. The Morgan fingerprint density at radius 1 is 1.10 bits per heavy atom. The van der Waals surface area contributed by atoms with Crippen LogP contribution in [0.3, 0.4) is 0 Å². The van der Waals surface area contributed by atoms with E-state index in [9.17, 15) is 9.90 Å².